The fourth-order valence-electron chi connectivity index (χ4n) is 4.80. The van der Waals surface area contributed by atoms with Gasteiger partial charge in [-0.15, -0.1) is 0 Å². The first-order valence-electron chi connectivity index (χ1n) is 10.5. The van der Waals surface area contributed by atoms with E-state index in [0.29, 0.717) is 5.56 Å². The highest BCUT2D eigenvalue weighted by molar-refractivity contribution is 6.08. The predicted octanol–water partition coefficient (Wildman–Crippen LogP) is 3.32. The molecule has 11 nitrogen and oxygen atoms in total. The fourth-order valence-corrected chi connectivity index (χ4v) is 4.80. The molecule has 0 atom stereocenters. The van der Waals surface area contributed by atoms with Gasteiger partial charge in [0.2, 0.25) is 0 Å². The summed E-state index contributed by atoms with van der Waals surface area (Å²) in [5.74, 6) is -7.07. The van der Waals surface area contributed by atoms with Gasteiger partial charge in [-0.2, -0.15) is 0 Å². The maximum atomic E-state index is 13.3. The number of aryl methyl sites for hydroxylation is 1. The van der Waals surface area contributed by atoms with Crippen LogP contribution in [0, 0.1) is 0 Å². The Hall–Kier alpha value is -5.06. The van der Waals surface area contributed by atoms with Crippen LogP contribution in [0.4, 0.5) is 0 Å². The third kappa shape index (κ3) is 2.86. The van der Waals surface area contributed by atoms with Crippen molar-refractivity contribution in [2.75, 3.05) is 0 Å². The average molecular weight is 492 g/mol. The van der Waals surface area contributed by atoms with Crippen LogP contribution in [0.5, 0.6) is 23.0 Å². The SMILES string of the molecule is CCc1ccc2c(c1C(=O)O)C(=O)OC21c2cc(C(=O)O)c(O)cc2Oc2cc(O)c(C(=O)O)cc21. The monoisotopic (exact) mass is 492 g/mol. The summed E-state index contributed by atoms with van der Waals surface area (Å²) in [6.07, 6.45) is 0.277. The minimum Gasteiger partial charge on any atom is -0.507 e. The second-order valence-corrected chi connectivity index (χ2v) is 8.20. The molecule has 11 heteroatoms. The van der Waals surface area contributed by atoms with E-state index in [9.17, 15) is 44.7 Å². The van der Waals surface area contributed by atoms with Crippen molar-refractivity contribution in [1.82, 2.24) is 0 Å². The third-order valence-electron chi connectivity index (χ3n) is 6.35. The molecule has 0 radical (unpaired) electrons. The highest BCUT2D eigenvalue weighted by Crippen LogP contribution is 2.58. The summed E-state index contributed by atoms with van der Waals surface area (Å²) in [6, 6.07) is 6.92. The van der Waals surface area contributed by atoms with Gasteiger partial charge < -0.3 is 35.0 Å². The van der Waals surface area contributed by atoms with E-state index in [1.165, 1.54) is 12.1 Å². The summed E-state index contributed by atoms with van der Waals surface area (Å²) in [5, 5.41) is 49.6. The Morgan fingerprint density at radius 2 is 1.33 bits per heavy atom. The lowest BCUT2D eigenvalue weighted by atomic mass is 9.75. The van der Waals surface area contributed by atoms with Crippen LogP contribution in [0.3, 0.4) is 0 Å². The van der Waals surface area contributed by atoms with E-state index < -0.39 is 52.1 Å². The number of hydrogen-bond acceptors (Lipinski definition) is 8. The third-order valence-corrected chi connectivity index (χ3v) is 6.35. The number of benzene rings is 3. The molecule has 1 spiro atoms. The molecule has 3 aromatic carbocycles. The Bertz CT molecular complexity index is 1480. The molecule has 0 aliphatic carbocycles. The summed E-state index contributed by atoms with van der Waals surface area (Å²) in [5.41, 5.74) is -3.57. The average Bonchev–Trinajstić information content (AvgIpc) is 3.10. The number of hydrogen-bond donors (Lipinski definition) is 5. The van der Waals surface area contributed by atoms with E-state index in [2.05, 4.69) is 0 Å². The second kappa shape index (κ2) is 7.47. The second-order valence-electron chi connectivity index (χ2n) is 8.20. The van der Waals surface area contributed by atoms with Crippen molar-refractivity contribution in [1.29, 1.82) is 0 Å². The Morgan fingerprint density at radius 1 is 0.806 bits per heavy atom. The van der Waals surface area contributed by atoms with Crippen LogP contribution in [0.1, 0.15) is 70.6 Å². The molecule has 0 unspecified atom stereocenters. The topological polar surface area (TPSA) is 188 Å². The molecule has 2 aliphatic heterocycles. The fraction of sp³-hybridized carbons (Fsp3) is 0.120. The summed E-state index contributed by atoms with van der Waals surface area (Å²) in [7, 11) is 0. The number of ether oxygens (including phenoxy) is 2. The number of rotatable bonds is 4. The number of carbonyl (C=O) groups excluding carboxylic acids is 1. The van der Waals surface area contributed by atoms with E-state index >= 15 is 0 Å². The van der Waals surface area contributed by atoms with Crippen LogP contribution in [0.2, 0.25) is 0 Å². The van der Waals surface area contributed by atoms with Gasteiger partial charge in [-0.25, -0.2) is 19.2 Å². The van der Waals surface area contributed by atoms with Gasteiger partial charge in [0.05, 0.1) is 11.1 Å². The van der Waals surface area contributed by atoms with Gasteiger partial charge in [0, 0.05) is 28.8 Å². The van der Waals surface area contributed by atoms with E-state index in [1.807, 2.05) is 0 Å². The molecule has 0 saturated carbocycles. The molecular weight excluding hydrogens is 476 g/mol. The number of esters is 1. The van der Waals surface area contributed by atoms with Crippen molar-refractivity contribution in [3.8, 4) is 23.0 Å². The van der Waals surface area contributed by atoms with Gasteiger partial charge in [0.15, 0.2) is 5.60 Å². The normalized spacial score (nSPS) is 14.3. The van der Waals surface area contributed by atoms with Crippen molar-refractivity contribution in [2.24, 2.45) is 0 Å². The number of phenols is 2. The molecule has 0 bridgehead atoms. The van der Waals surface area contributed by atoms with Crippen LogP contribution < -0.4 is 4.74 Å². The van der Waals surface area contributed by atoms with Crippen molar-refractivity contribution >= 4 is 23.9 Å². The molecule has 2 aliphatic rings. The highest BCUT2D eigenvalue weighted by atomic mass is 16.6. The Morgan fingerprint density at radius 3 is 1.78 bits per heavy atom. The van der Waals surface area contributed by atoms with Crippen molar-refractivity contribution in [2.45, 2.75) is 18.9 Å². The Kier molecular flexibility index (Phi) is 4.71. The van der Waals surface area contributed by atoms with Gasteiger partial charge in [-0.3, -0.25) is 0 Å². The zero-order valence-corrected chi connectivity index (χ0v) is 18.4. The van der Waals surface area contributed by atoms with Gasteiger partial charge in [-0.1, -0.05) is 19.1 Å². The van der Waals surface area contributed by atoms with E-state index in [1.54, 1.807) is 6.92 Å². The molecule has 182 valence electrons. The Balaban J connectivity index is 1.96. The van der Waals surface area contributed by atoms with Crippen LogP contribution in [-0.4, -0.2) is 49.4 Å². The molecule has 3 aromatic rings. The number of aromatic carboxylic acids is 3. The van der Waals surface area contributed by atoms with Crippen molar-refractivity contribution < 1.29 is 54.2 Å². The molecule has 0 saturated heterocycles. The summed E-state index contributed by atoms with van der Waals surface area (Å²) >= 11 is 0. The maximum absolute atomic E-state index is 13.3. The smallest absolute Gasteiger partial charge is 0.341 e. The predicted molar refractivity (Wildman–Crippen MR) is 118 cm³/mol. The zero-order chi connectivity index (χ0) is 26.1. The van der Waals surface area contributed by atoms with Gasteiger partial charge in [-0.05, 0) is 24.1 Å². The molecule has 5 N–H and O–H groups in total. The first-order chi connectivity index (χ1) is 17.0. The number of fused-ring (bicyclic) bond motifs is 6. The van der Waals surface area contributed by atoms with Crippen LogP contribution >= 0.6 is 0 Å². The molecule has 2 heterocycles. The van der Waals surface area contributed by atoms with Gasteiger partial charge in [0.1, 0.15) is 34.1 Å². The lowest BCUT2D eigenvalue weighted by molar-refractivity contribution is 0.0221. The molecule has 36 heavy (non-hydrogen) atoms. The number of carboxylic acid groups (broad SMARTS) is 3. The van der Waals surface area contributed by atoms with Gasteiger partial charge in [0.25, 0.3) is 0 Å². The van der Waals surface area contributed by atoms with Crippen molar-refractivity contribution in [3.05, 3.63) is 80.9 Å². The van der Waals surface area contributed by atoms with E-state index in [4.69, 9.17) is 9.47 Å². The maximum Gasteiger partial charge on any atom is 0.341 e. The molecule has 5 rings (SSSR count). The molecule has 0 aromatic heterocycles. The Labute approximate surface area is 201 Å². The number of carbonyl (C=O) groups is 4. The first kappa shape index (κ1) is 22.7. The molecule has 0 fully saturated rings. The lowest BCUT2D eigenvalue weighted by Gasteiger charge is -2.37. The minimum atomic E-state index is -2.04. The van der Waals surface area contributed by atoms with E-state index in [0.717, 1.165) is 24.3 Å². The summed E-state index contributed by atoms with van der Waals surface area (Å²) in [4.78, 5) is 49.0. The first-order valence-corrected chi connectivity index (χ1v) is 10.5. The standard InChI is InChI=1S/C25H16O11/c1-2-9-3-4-12-20(19(9)23(32)33)24(34)36-25(12)13-5-10(21(28)29)15(26)7-17(13)35-18-8-16(27)11(22(30)31)6-14(18)25/h3-8,26-27H,2H2,1H3,(H,28,29)(H,30,31)(H,32,33). The number of aromatic hydroxyl groups is 2. The highest BCUT2D eigenvalue weighted by Gasteiger charge is 2.56. The quantitative estimate of drug-likeness (QED) is 0.336. The van der Waals surface area contributed by atoms with Gasteiger partial charge >= 0.3 is 23.9 Å². The van der Waals surface area contributed by atoms with Crippen LogP contribution in [0.25, 0.3) is 0 Å². The number of carboxylic acids is 3. The molecule has 0 amide bonds. The lowest BCUT2D eigenvalue weighted by Crippen LogP contribution is -2.33. The zero-order valence-electron chi connectivity index (χ0n) is 18.4. The summed E-state index contributed by atoms with van der Waals surface area (Å²) < 4.78 is 11.6. The largest absolute Gasteiger partial charge is 0.507 e. The van der Waals surface area contributed by atoms with E-state index in [-0.39, 0.29) is 45.7 Å². The van der Waals surface area contributed by atoms with Crippen molar-refractivity contribution in [3.63, 3.8) is 0 Å². The van der Waals surface area contributed by atoms with Crippen LogP contribution in [0.15, 0.2) is 36.4 Å². The minimum absolute atomic E-state index is 0.0111. The summed E-state index contributed by atoms with van der Waals surface area (Å²) in [6.45, 7) is 1.70. The molecular formula is C25H16O11. The van der Waals surface area contributed by atoms with Crippen LogP contribution in [-0.2, 0) is 16.8 Å².